The van der Waals surface area contributed by atoms with Crippen molar-refractivity contribution in [3.63, 3.8) is 0 Å². The Morgan fingerprint density at radius 2 is 2.00 bits per heavy atom. The zero-order valence-corrected chi connectivity index (χ0v) is 14.8. The molecule has 3 rings (SSSR count). The van der Waals surface area contributed by atoms with Gasteiger partial charge in [0.2, 0.25) is 0 Å². The van der Waals surface area contributed by atoms with Gasteiger partial charge in [0, 0.05) is 6.61 Å². The van der Waals surface area contributed by atoms with E-state index in [1.165, 1.54) is 0 Å². The first-order valence-corrected chi connectivity index (χ1v) is 8.57. The third kappa shape index (κ3) is 3.49. The number of carbonyl (C=O) groups is 2. The van der Waals surface area contributed by atoms with E-state index in [9.17, 15) is 9.59 Å². The van der Waals surface area contributed by atoms with E-state index in [1.54, 1.807) is 18.5 Å². The van der Waals surface area contributed by atoms with Gasteiger partial charge < -0.3 is 10.1 Å². The van der Waals surface area contributed by atoms with Gasteiger partial charge in [-0.1, -0.05) is 18.2 Å². The highest BCUT2D eigenvalue weighted by Gasteiger charge is 2.29. The predicted octanol–water partition coefficient (Wildman–Crippen LogP) is 2.36. The first-order valence-electron chi connectivity index (χ1n) is 8.57. The van der Waals surface area contributed by atoms with Crippen LogP contribution in [-0.4, -0.2) is 40.2 Å². The zero-order chi connectivity index (χ0) is 18.0. The first kappa shape index (κ1) is 17.4. The Bertz CT molecular complexity index is 777. The molecule has 1 aliphatic heterocycles. The van der Waals surface area contributed by atoms with Crippen LogP contribution in [0.25, 0.3) is 5.69 Å². The summed E-state index contributed by atoms with van der Waals surface area (Å²) in [6.07, 6.45) is 1.87. The molecule has 6 heteroatoms. The van der Waals surface area contributed by atoms with Gasteiger partial charge in [0.25, 0.3) is 11.7 Å². The molecule has 0 aliphatic carbocycles. The van der Waals surface area contributed by atoms with Gasteiger partial charge >= 0.3 is 0 Å². The largest absolute Gasteiger partial charge is 0.376 e. The van der Waals surface area contributed by atoms with E-state index in [4.69, 9.17) is 4.74 Å². The molecule has 1 fully saturated rings. The minimum atomic E-state index is -0.609. The van der Waals surface area contributed by atoms with Crippen molar-refractivity contribution in [3.05, 3.63) is 47.3 Å². The first-order chi connectivity index (χ1) is 12.0. The number of hydrogen-bond acceptors (Lipinski definition) is 4. The third-order valence-corrected chi connectivity index (χ3v) is 4.61. The molecule has 1 aromatic carbocycles. The minimum absolute atomic E-state index is 0.0222. The van der Waals surface area contributed by atoms with Crippen molar-refractivity contribution in [2.75, 3.05) is 6.61 Å². The average Bonchev–Trinajstić information content (AvgIpc) is 3.23. The third-order valence-electron chi connectivity index (χ3n) is 4.61. The number of benzene rings is 1. The minimum Gasteiger partial charge on any atom is -0.376 e. The number of amides is 1. The summed E-state index contributed by atoms with van der Waals surface area (Å²) in [6, 6.07) is 9.36. The van der Waals surface area contributed by atoms with Crippen molar-refractivity contribution < 1.29 is 14.3 Å². The Labute approximate surface area is 147 Å². The molecule has 25 heavy (non-hydrogen) atoms. The molecule has 0 radical (unpaired) electrons. The van der Waals surface area contributed by atoms with Crippen LogP contribution in [-0.2, 0) is 9.53 Å². The van der Waals surface area contributed by atoms with Crippen molar-refractivity contribution in [3.8, 4) is 5.69 Å². The second kappa shape index (κ2) is 7.19. The molecule has 1 aliphatic rings. The molecule has 0 saturated carbocycles. The fourth-order valence-corrected chi connectivity index (χ4v) is 3.27. The van der Waals surface area contributed by atoms with E-state index < -0.39 is 11.7 Å². The highest BCUT2D eigenvalue weighted by atomic mass is 16.5. The molecule has 2 heterocycles. The maximum absolute atomic E-state index is 12.7. The number of nitrogens with zero attached hydrogens (tertiary/aromatic N) is 2. The van der Waals surface area contributed by atoms with Crippen LogP contribution in [0.15, 0.2) is 30.3 Å². The molecule has 1 aromatic heterocycles. The molecule has 2 aromatic rings. The van der Waals surface area contributed by atoms with Gasteiger partial charge in [-0.05, 0) is 45.7 Å². The number of hydrogen-bond donors (Lipinski definition) is 1. The Morgan fingerprint density at radius 3 is 2.64 bits per heavy atom. The fourth-order valence-electron chi connectivity index (χ4n) is 3.27. The maximum Gasteiger partial charge on any atom is 0.292 e. The number of aromatic nitrogens is 2. The molecular weight excluding hydrogens is 318 g/mol. The van der Waals surface area contributed by atoms with Gasteiger partial charge in [-0.25, -0.2) is 4.68 Å². The second-order valence-corrected chi connectivity index (χ2v) is 6.44. The van der Waals surface area contributed by atoms with E-state index in [1.807, 2.05) is 37.3 Å². The lowest BCUT2D eigenvalue weighted by atomic mass is 10.1. The molecule has 1 amide bonds. The van der Waals surface area contributed by atoms with Gasteiger partial charge in [0.15, 0.2) is 0 Å². The monoisotopic (exact) mass is 341 g/mol. The van der Waals surface area contributed by atoms with Gasteiger partial charge in [-0.3, -0.25) is 9.59 Å². The molecule has 1 N–H and O–H groups in total. The van der Waals surface area contributed by atoms with Crippen LogP contribution in [0.5, 0.6) is 0 Å². The summed E-state index contributed by atoms with van der Waals surface area (Å²) in [5.41, 5.74) is 2.43. The van der Waals surface area contributed by atoms with Gasteiger partial charge in [0.1, 0.15) is 0 Å². The van der Waals surface area contributed by atoms with Crippen LogP contribution in [0.2, 0.25) is 0 Å². The van der Waals surface area contributed by atoms with Crippen molar-refractivity contribution in [1.29, 1.82) is 0 Å². The van der Waals surface area contributed by atoms with Crippen LogP contribution in [0.4, 0.5) is 0 Å². The summed E-state index contributed by atoms with van der Waals surface area (Å²) in [6.45, 7) is 6.13. The Balaban J connectivity index is 1.80. The Kier molecular flexibility index (Phi) is 4.99. The highest BCUT2D eigenvalue weighted by Crippen LogP contribution is 2.19. The number of ketones is 1. The Morgan fingerprint density at radius 1 is 1.28 bits per heavy atom. The van der Waals surface area contributed by atoms with E-state index in [0.717, 1.165) is 18.5 Å². The summed E-state index contributed by atoms with van der Waals surface area (Å²) >= 11 is 0. The number of para-hydroxylation sites is 1. The number of aryl methyl sites for hydroxylation is 1. The lowest BCUT2D eigenvalue weighted by molar-refractivity contribution is -0.118. The van der Waals surface area contributed by atoms with Crippen molar-refractivity contribution >= 4 is 11.7 Å². The molecule has 6 nitrogen and oxygen atoms in total. The van der Waals surface area contributed by atoms with Crippen LogP contribution >= 0.6 is 0 Å². The molecule has 0 bridgehead atoms. The number of nitrogens with one attached hydrogen (secondary N) is 1. The molecule has 1 saturated heterocycles. The molecule has 132 valence electrons. The lowest BCUT2D eigenvalue weighted by Gasteiger charge is -2.19. The lowest BCUT2D eigenvalue weighted by Crippen LogP contribution is -2.44. The number of ether oxygens (including phenoxy) is 1. The smallest absolute Gasteiger partial charge is 0.292 e. The van der Waals surface area contributed by atoms with Gasteiger partial charge in [-0.15, -0.1) is 0 Å². The topological polar surface area (TPSA) is 73.2 Å². The van der Waals surface area contributed by atoms with Crippen LogP contribution in [0.3, 0.4) is 0 Å². The Hall–Kier alpha value is -2.47. The van der Waals surface area contributed by atoms with E-state index in [-0.39, 0.29) is 12.1 Å². The number of Topliss-reactive ketones (excluding diaryl/α,β-unsaturated/α-hetero) is 1. The molecule has 0 unspecified atom stereocenters. The molecule has 2 atom stereocenters. The van der Waals surface area contributed by atoms with E-state index >= 15 is 0 Å². The number of rotatable bonds is 5. The van der Waals surface area contributed by atoms with E-state index in [2.05, 4.69) is 10.4 Å². The fraction of sp³-hybridized carbons (Fsp3) is 0.421. The standard InChI is InChI=1S/C19H23N3O3/c1-12(16-10-7-11-25-16)20-19(24)18(23)17-13(2)21-22(14(17)3)15-8-5-4-6-9-15/h4-6,8-9,12,16H,7,10-11H2,1-3H3,(H,20,24)/t12-,16+/m1/s1. The molecular formula is C19H23N3O3. The van der Waals surface area contributed by atoms with Crippen molar-refractivity contribution in [2.45, 2.75) is 45.8 Å². The second-order valence-electron chi connectivity index (χ2n) is 6.44. The van der Waals surface area contributed by atoms with Gasteiger partial charge in [0.05, 0.1) is 34.8 Å². The average molecular weight is 341 g/mol. The van der Waals surface area contributed by atoms with Crippen LogP contribution in [0, 0.1) is 13.8 Å². The SMILES string of the molecule is Cc1nn(-c2ccccc2)c(C)c1C(=O)C(=O)N[C@H](C)[C@@H]1CCCO1. The molecule has 0 spiro atoms. The van der Waals surface area contributed by atoms with E-state index in [0.29, 0.717) is 23.6 Å². The summed E-state index contributed by atoms with van der Waals surface area (Å²) in [7, 11) is 0. The quantitative estimate of drug-likeness (QED) is 0.669. The van der Waals surface area contributed by atoms with Crippen LogP contribution < -0.4 is 5.32 Å². The van der Waals surface area contributed by atoms with Gasteiger partial charge in [-0.2, -0.15) is 5.10 Å². The van der Waals surface area contributed by atoms with Crippen molar-refractivity contribution in [1.82, 2.24) is 15.1 Å². The summed E-state index contributed by atoms with van der Waals surface area (Å²) in [5.74, 6) is -1.16. The predicted molar refractivity (Wildman–Crippen MR) is 93.9 cm³/mol. The van der Waals surface area contributed by atoms with Crippen LogP contribution in [0.1, 0.15) is 41.5 Å². The zero-order valence-electron chi connectivity index (χ0n) is 14.8. The summed E-state index contributed by atoms with van der Waals surface area (Å²) in [5, 5.41) is 7.20. The maximum atomic E-state index is 12.7. The summed E-state index contributed by atoms with van der Waals surface area (Å²) < 4.78 is 7.26. The normalized spacial score (nSPS) is 18.1. The highest BCUT2D eigenvalue weighted by molar-refractivity contribution is 6.43. The van der Waals surface area contributed by atoms with Crippen molar-refractivity contribution in [2.24, 2.45) is 0 Å². The number of carbonyl (C=O) groups excluding carboxylic acids is 2. The summed E-state index contributed by atoms with van der Waals surface area (Å²) in [4.78, 5) is 25.1.